The summed E-state index contributed by atoms with van der Waals surface area (Å²) in [6.07, 6.45) is 7.10. The van der Waals surface area contributed by atoms with Gasteiger partial charge in [-0.3, -0.25) is 9.69 Å². The van der Waals surface area contributed by atoms with Crippen LogP contribution in [0.15, 0.2) is 0 Å². The van der Waals surface area contributed by atoms with Crippen LogP contribution >= 0.6 is 0 Å². The number of nitrogens with zero attached hydrogens (tertiary/aromatic N) is 2. The first kappa shape index (κ1) is 14.8. The predicted molar refractivity (Wildman–Crippen MR) is 76.4 cm³/mol. The fraction of sp³-hybridized carbons (Fsp3) is 0.933. The molecule has 0 saturated carbocycles. The Bertz CT molecular complexity index is 321. The summed E-state index contributed by atoms with van der Waals surface area (Å²) in [5.74, 6) is -0.593. The van der Waals surface area contributed by atoms with Crippen LogP contribution in [0.1, 0.15) is 51.9 Å². The monoisotopic (exact) mass is 268 g/mol. The summed E-state index contributed by atoms with van der Waals surface area (Å²) in [4.78, 5) is 16.6. The molecule has 0 radical (unpaired) electrons. The molecule has 2 rings (SSSR count). The first-order valence-corrected chi connectivity index (χ1v) is 7.79. The Balaban J connectivity index is 2.14. The fourth-order valence-corrected chi connectivity index (χ4v) is 3.98. The summed E-state index contributed by atoms with van der Waals surface area (Å²) >= 11 is 0. The fourth-order valence-electron chi connectivity index (χ4n) is 3.98. The predicted octanol–water partition coefficient (Wildman–Crippen LogP) is 2.19. The highest BCUT2D eigenvalue weighted by molar-refractivity contribution is 5.79. The molecule has 2 aliphatic rings. The van der Waals surface area contributed by atoms with E-state index in [0.29, 0.717) is 6.04 Å². The van der Waals surface area contributed by atoms with Gasteiger partial charge in [0.15, 0.2) is 0 Å². The molecular formula is C15H28N2O2. The molecule has 1 N–H and O–H groups in total. The third-order valence-corrected chi connectivity index (χ3v) is 4.96. The minimum Gasteiger partial charge on any atom is -0.480 e. The third kappa shape index (κ3) is 2.95. The van der Waals surface area contributed by atoms with Crippen LogP contribution in [-0.4, -0.2) is 59.1 Å². The number of carbonyl (C=O) groups is 1. The van der Waals surface area contributed by atoms with E-state index in [0.717, 1.165) is 58.2 Å². The van der Waals surface area contributed by atoms with Gasteiger partial charge in [0.05, 0.1) is 0 Å². The lowest BCUT2D eigenvalue weighted by Gasteiger charge is -2.40. The zero-order valence-corrected chi connectivity index (χ0v) is 12.4. The standard InChI is InChI=1S/C15H28N2O2/c1-3-8-15(14(18)19)9-5-11-17(15)13-6-4-10-16(2)12-7-13/h13H,3-12H2,1-2H3,(H,18,19). The Morgan fingerprint density at radius 3 is 2.74 bits per heavy atom. The molecule has 2 atom stereocenters. The maximum Gasteiger partial charge on any atom is 0.324 e. The smallest absolute Gasteiger partial charge is 0.324 e. The van der Waals surface area contributed by atoms with Crippen molar-refractivity contribution < 1.29 is 9.90 Å². The molecule has 2 saturated heterocycles. The zero-order chi connectivity index (χ0) is 13.9. The van der Waals surface area contributed by atoms with Gasteiger partial charge in [-0.25, -0.2) is 0 Å². The first-order chi connectivity index (χ1) is 9.10. The highest BCUT2D eigenvalue weighted by atomic mass is 16.4. The van der Waals surface area contributed by atoms with Crippen molar-refractivity contribution in [2.24, 2.45) is 0 Å². The molecular weight excluding hydrogens is 240 g/mol. The van der Waals surface area contributed by atoms with Crippen LogP contribution in [0.5, 0.6) is 0 Å². The summed E-state index contributed by atoms with van der Waals surface area (Å²) in [5.41, 5.74) is -0.567. The van der Waals surface area contributed by atoms with Crippen molar-refractivity contribution >= 4 is 5.97 Å². The van der Waals surface area contributed by atoms with Gasteiger partial charge in [0.2, 0.25) is 0 Å². The van der Waals surface area contributed by atoms with E-state index in [1.807, 2.05) is 0 Å². The maximum atomic E-state index is 11.9. The second-order valence-corrected chi connectivity index (χ2v) is 6.27. The molecule has 2 unspecified atom stereocenters. The minimum atomic E-state index is -0.593. The molecule has 2 fully saturated rings. The number of carboxylic acids is 1. The van der Waals surface area contributed by atoms with Gasteiger partial charge >= 0.3 is 5.97 Å². The van der Waals surface area contributed by atoms with E-state index in [4.69, 9.17) is 0 Å². The van der Waals surface area contributed by atoms with Crippen molar-refractivity contribution in [1.82, 2.24) is 9.80 Å². The van der Waals surface area contributed by atoms with E-state index in [9.17, 15) is 9.90 Å². The normalized spacial score (nSPS) is 34.3. The van der Waals surface area contributed by atoms with Crippen LogP contribution in [0.4, 0.5) is 0 Å². The lowest BCUT2D eigenvalue weighted by Crippen LogP contribution is -2.54. The Kier molecular flexibility index (Phi) is 4.85. The molecule has 19 heavy (non-hydrogen) atoms. The Hall–Kier alpha value is -0.610. The number of rotatable bonds is 4. The van der Waals surface area contributed by atoms with E-state index >= 15 is 0 Å². The summed E-state index contributed by atoms with van der Waals surface area (Å²) < 4.78 is 0. The Labute approximate surface area is 116 Å². The third-order valence-electron chi connectivity index (χ3n) is 4.96. The Morgan fingerprint density at radius 2 is 2.05 bits per heavy atom. The summed E-state index contributed by atoms with van der Waals surface area (Å²) in [6, 6.07) is 0.468. The number of carboxylic acid groups (broad SMARTS) is 1. The first-order valence-electron chi connectivity index (χ1n) is 7.79. The summed E-state index contributed by atoms with van der Waals surface area (Å²) in [6.45, 7) is 5.32. The minimum absolute atomic E-state index is 0.468. The van der Waals surface area contributed by atoms with Crippen LogP contribution in [-0.2, 0) is 4.79 Å². The molecule has 110 valence electrons. The zero-order valence-electron chi connectivity index (χ0n) is 12.4. The average molecular weight is 268 g/mol. The molecule has 2 aliphatic heterocycles. The number of hydrogen-bond acceptors (Lipinski definition) is 3. The van der Waals surface area contributed by atoms with Gasteiger partial charge in [0.25, 0.3) is 0 Å². The van der Waals surface area contributed by atoms with Crippen LogP contribution in [0.25, 0.3) is 0 Å². The Morgan fingerprint density at radius 1 is 1.26 bits per heavy atom. The number of likely N-dealkylation sites (tertiary alicyclic amines) is 2. The van der Waals surface area contributed by atoms with E-state index in [2.05, 4.69) is 23.8 Å². The topological polar surface area (TPSA) is 43.8 Å². The maximum absolute atomic E-state index is 11.9. The molecule has 0 aromatic rings. The van der Waals surface area contributed by atoms with Crippen LogP contribution in [0.2, 0.25) is 0 Å². The van der Waals surface area contributed by atoms with Crippen LogP contribution in [0, 0.1) is 0 Å². The molecule has 2 heterocycles. The van der Waals surface area contributed by atoms with Gasteiger partial charge in [-0.15, -0.1) is 0 Å². The van der Waals surface area contributed by atoms with Crippen LogP contribution in [0.3, 0.4) is 0 Å². The van der Waals surface area contributed by atoms with E-state index < -0.39 is 11.5 Å². The van der Waals surface area contributed by atoms with Crippen molar-refractivity contribution in [3.63, 3.8) is 0 Å². The van der Waals surface area contributed by atoms with E-state index in [1.165, 1.54) is 6.42 Å². The molecule has 0 aromatic heterocycles. The van der Waals surface area contributed by atoms with Gasteiger partial charge in [0.1, 0.15) is 5.54 Å². The molecule has 0 aromatic carbocycles. The van der Waals surface area contributed by atoms with Gasteiger partial charge in [-0.05, 0) is 65.2 Å². The number of aliphatic carboxylic acids is 1. The van der Waals surface area contributed by atoms with E-state index in [-0.39, 0.29) is 0 Å². The van der Waals surface area contributed by atoms with Crippen molar-refractivity contribution in [3.8, 4) is 0 Å². The summed E-state index contributed by atoms with van der Waals surface area (Å²) in [5, 5.41) is 9.77. The lowest BCUT2D eigenvalue weighted by atomic mass is 9.88. The van der Waals surface area contributed by atoms with Crippen LogP contribution < -0.4 is 0 Å². The molecule has 0 aliphatic carbocycles. The van der Waals surface area contributed by atoms with Gasteiger partial charge < -0.3 is 10.0 Å². The number of hydrogen-bond donors (Lipinski definition) is 1. The molecule has 4 nitrogen and oxygen atoms in total. The van der Waals surface area contributed by atoms with Crippen molar-refractivity contribution in [2.45, 2.75) is 63.5 Å². The highest BCUT2D eigenvalue weighted by Crippen LogP contribution is 2.37. The van der Waals surface area contributed by atoms with E-state index in [1.54, 1.807) is 0 Å². The largest absolute Gasteiger partial charge is 0.480 e. The van der Waals surface area contributed by atoms with Crippen molar-refractivity contribution in [2.75, 3.05) is 26.7 Å². The second kappa shape index (κ2) is 6.23. The molecule has 0 amide bonds. The lowest BCUT2D eigenvalue weighted by molar-refractivity contribution is -0.152. The van der Waals surface area contributed by atoms with Crippen molar-refractivity contribution in [3.05, 3.63) is 0 Å². The second-order valence-electron chi connectivity index (χ2n) is 6.27. The summed E-state index contributed by atoms with van der Waals surface area (Å²) in [7, 11) is 2.17. The van der Waals surface area contributed by atoms with Gasteiger partial charge in [-0.2, -0.15) is 0 Å². The van der Waals surface area contributed by atoms with Gasteiger partial charge in [0, 0.05) is 6.04 Å². The molecule has 0 spiro atoms. The molecule has 0 bridgehead atoms. The highest BCUT2D eigenvalue weighted by Gasteiger charge is 2.49. The van der Waals surface area contributed by atoms with Crippen molar-refractivity contribution in [1.29, 1.82) is 0 Å². The van der Waals surface area contributed by atoms with Gasteiger partial charge in [-0.1, -0.05) is 13.3 Å². The average Bonchev–Trinajstić information content (AvgIpc) is 2.67. The molecule has 4 heteroatoms. The SMILES string of the molecule is CCCC1(C(=O)O)CCCN1C1CCCN(C)CC1. The quantitative estimate of drug-likeness (QED) is 0.849.